The lowest BCUT2D eigenvalue weighted by Crippen LogP contribution is -2.32. The van der Waals surface area contributed by atoms with E-state index in [0.717, 1.165) is 28.9 Å². The largest absolute Gasteiger partial charge is 0.493 e. The fraction of sp³-hybridized carbons (Fsp3) is 0.381. The maximum absolute atomic E-state index is 12.6. The summed E-state index contributed by atoms with van der Waals surface area (Å²) in [6.45, 7) is 0.670. The Kier molecular flexibility index (Phi) is 3.67. The van der Waals surface area contributed by atoms with Crippen molar-refractivity contribution < 1.29 is 28.5 Å². The number of esters is 1. The van der Waals surface area contributed by atoms with Crippen molar-refractivity contribution in [2.45, 2.75) is 12.3 Å². The Bertz CT molecular complexity index is 921. The summed E-state index contributed by atoms with van der Waals surface area (Å²) < 4.78 is 27.7. The van der Waals surface area contributed by atoms with Gasteiger partial charge in [0.15, 0.2) is 23.0 Å². The van der Waals surface area contributed by atoms with E-state index in [0.29, 0.717) is 23.9 Å². The summed E-state index contributed by atoms with van der Waals surface area (Å²) in [7, 11) is 3.25. The molecule has 2 aliphatic heterocycles. The fourth-order valence-corrected chi connectivity index (χ4v) is 4.63. The molecule has 0 amide bonds. The second-order valence-corrected chi connectivity index (χ2v) is 7.08. The lowest BCUT2D eigenvalue weighted by Gasteiger charge is -2.34. The molecule has 2 heterocycles. The van der Waals surface area contributed by atoms with Crippen LogP contribution in [0, 0.1) is 11.8 Å². The standard InChI is InChI=1S/C21H20O6/c1-23-15-6-4-11-7-13-9-25-21(22)19(13)17(18(11)20(15)24-2)12-3-5-14-16(8-12)27-10-26-14/h3-6,8,13,17,19H,7,9-10H2,1-2H3/t13-,17+,19+/m0/s1. The molecule has 0 spiro atoms. The van der Waals surface area contributed by atoms with Crippen molar-refractivity contribution >= 4 is 5.97 Å². The summed E-state index contributed by atoms with van der Waals surface area (Å²) in [6, 6.07) is 9.84. The summed E-state index contributed by atoms with van der Waals surface area (Å²) in [5, 5.41) is 0. The second kappa shape index (κ2) is 6.08. The molecule has 2 aromatic carbocycles. The van der Waals surface area contributed by atoms with E-state index >= 15 is 0 Å². The average molecular weight is 368 g/mol. The first-order valence-corrected chi connectivity index (χ1v) is 9.01. The van der Waals surface area contributed by atoms with Gasteiger partial charge >= 0.3 is 5.97 Å². The zero-order chi connectivity index (χ0) is 18.5. The van der Waals surface area contributed by atoms with E-state index in [1.54, 1.807) is 14.2 Å². The van der Waals surface area contributed by atoms with Crippen molar-refractivity contribution in [3.63, 3.8) is 0 Å². The van der Waals surface area contributed by atoms with Crippen LogP contribution in [0.3, 0.4) is 0 Å². The predicted octanol–water partition coefficient (Wildman–Crippen LogP) is 2.91. The van der Waals surface area contributed by atoms with Gasteiger partial charge < -0.3 is 23.7 Å². The second-order valence-electron chi connectivity index (χ2n) is 7.08. The number of cyclic esters (lactones) is 1. The average Bonchev–Trinajstić information content (AvgIpc) is 3.31. The number of carbonyl (C=O) groups is 1. The minimum absolute atomic E-state index is 0.151. The first-order chi connectivity index (χ1) is 13.2. The molecule has 0 saturated carbocycles. The normalized spacial score (nSPS) is 24.8. The highest BCUT2D eigenvalue weighted by Gasteiger charge is 2.49. The third-order valence-corrected chi connectivity index (χ3v) is 5.80. The lowest BCUT2D eigenvalue weighted by molar-refractivity contribution is -0.141. The zero-order valence-corrected chi connectivity index (χ0v) is 15.2. The van der Waals surface area contributed by atoms with Crippen LogP contribution in [0.5, 0.6) is 23.0 Å². The van der Waals surface area contributed by atoms with Gasteiger partial charge in [0, 0.05) is 17.4 Å². The Morgan fingerprint density at radius 1 is 1.00 bits per heavy atom. The highest BCUT2D eigenvalue weighted by atomic mass is 16.7. The zero-order valence-electron chi connectivity index (χ0n) is 15.2. The van der Waals surface area contributed by atoms with Crippen molar-refractivity contribution in [1.82, 2.24) is 0 Å². The molecule has 0 unspecified atom stereocenters. The van der Waals surface area contributed by atoms with Crippen molar-refractivity contribution in [1.29, 1.82) is 0 Å². The van der Waals surface area contributed by atoms with Crippen LogP contribution in [-0.4, -0.2) is 33.6 Å². The van der Waals surface area contributed by atoms with E-state index in [-0.39, 0.29) is 30.5 Å². The SMILES string of the molecule is COc1ccc2c(c1OC)[C@@H](c1ccc3c(c1)OCO3)[C@@H]1C(=O)OC[C@@H]1C2. The van der Waals surface area contributed by atoms with E-state index < -0.39 is 0 Å². The lowest BCUT2D eigenvalue weighted by atomic mass is 9.67. The molecule has 0 aromatic heterocycles. The van der Waals surface area contributed by atoms with Gasteiger partial charge in [-0.1, -0.05) is 12.1 Å². The molecule has 1 aliphatic carbocycles. The molecule has 0 bridgehead atoms. The van der Waals surface area contributed by atoms with Gasteiger partial charge in [0.2, 0.25) is 6.79 Å². The summed E-state index contributed by atoms with van der Waals surface area (Å²) in [5.74, 6) is 2.31. The fourth-order valence-electron chi connectivity index (χ4n) is 4.63. The molecule has 2 aromatic rings. The molecule has 1 saturated heterocycles. The first kappa shape index (κ1) is 16.3. The third-order valence-electron chi connectivity index (χ3n) is 5.80. The van der Waals surface area contributed by atoms with Crippen LogP contribution in [0.1, 0.15) is 22.6 Å². The number of hydrogen-bond acceptors (Lipinski definition) is 6. The van der Waals surface area contributed by atoms with E-state index in [2.05, 4.69) is 6.07 Å². The molecule has 140 valence electrons. The smallest absolute Gasteiger partial charge is 0.310 e. The van der Waals surface area contributed by atoms with E-state index in [4.69, 9.17) is 23.7 Å². The van der Waals surface area contributed by atoms with Gasteiger partial charge in [0.05, 0.1) is 26.7 Å². The number of ether oxygens (including phenoxy) is 5. The van der Waals surface area contributed by atoms with Crippen molar-refractivity contribution in [3.05, 3.63) is 47.0 Å². The predicted molar refractivity (Wildman–Crippen MR) is 95.6 cm³/mol. The molecule has 0 radical (unpaired) electrons. The number of rotatable bonds is 3. The number of hydrogen-bond donors (Lipinski definition) is 0. The quantitative estimate of drug-likeness (QED) is 0.777. The first-order valence-electron chi connectivity index (χ1n) is 9.01. The monoisotopic (exact) mass is 368 g/mol. The van der Waals surface area contributed by atoms with Gasteiger partial charge in [0.25, 0.3) is 0 Å². The molecule has 1 fully saturated rings. The van der Waals surface area contributed by atoms with E-state index in [1.807, 2.05) is 24.3 Å². The highest BCUT2D eigenvalue weighted by Crippen LogP contribution is 2.53. The minimum Gasteiger partial charge on any atom is -0.493 e. The number of methoxy groups -OCH3 is 2. The molecule has 0 N–H and O–H groups in total. The summed E-state index contributed by atoms with van der Waals surface area (Å²) in [5.41, 5.74) is 3.14. The molecule has 6 heteroatoms. The minimum atomic E-state index is -0.251. The highest BCUT2D eigenvalue weighted by molar-refractivity contribution is 5.79. The summed E-state index contributed by atoms with van der Waals surface area (Å²) in [6.07, 6.45) is 0.785. The van der Waals surface area contributed by atoms with Gasteiger partial charge in [-0.3, -0.25) is 4.79 Å². The van der Waals surface area contributed by atoms with E-state index in [9.17, 15) is 4.79 Å². The van der Waals surface area contributed by atoms with Crippen LogP contribution in [0.15, 0.2) is 30.3 Å². The van der Waals surface area contributed by atoms with Crippen molar-refractivity contribution in [3.8, 4) is 23.0 Å². The third kappa shape index (κ3) is 2.36. The van der Waals surface area contributed by atoms with Crippen molar-refractivity contribution in [2.24, 2.45) is 11.8 Å². The molecule has 6 nitrogen and oxygen atoms in total. The Balaban J connectivity index is 1.73. The van der Waals surface area contributed by atoms with Gasteiger partial charge in [-0.2, -0.15) is 0 Å². The van der Waals surface area contributed by atoms with Crippen LogP contribution < -0.4 is 18.9 Å². The van der Waals surface area contributed by atoms with Gasteiger partial charge in [0.1, 0.15) is 0 Å². The topological polar surface area (TPSA) is 63.2 Å². The van der Waals surface area contributed by atoms with Gasteiger partial charge in [-0.25, -0.2) is 0 Å². The molecule has 5 rings (SSSR count). The van der Waals surface area contributed by atoms with Crippen LogP contribution in [0.2, 0.25) is 0 Å². The van der Waals surface area contributed by atoms with Crippen LogP contribution in [0.25, 0.3) is 0 Å². The Labute approximate surface area is 156 Å². The number of benzene rings is 2. The Morgan fingerprint density at radius 3 is 2.67 bits per heavy atom. The molecule has 3 atom stereocenters. The maximum atomic E-state index is 12.6. The number of fused-ring (bicyclic) bond motifs is 3. The Morgan fingerprint density at radius 2 is 1.85 bits per heavy atom. The molecule has 27 heavy (non-hydrogen) atoms. The van der Waals surface area contributed by atoms with Crippen LogP contribution in [-0.2, 0) is 16.0 Å². The maximum Gasteiger partial charge on any atom is 0.310 e. The molecular formula is C21H20O6. The van der Waals surface area contributed by atoms with Gasteiger partial charge in [-0.15, -0.1) is 0 Å². The van der Waals surface area contributed by atoms with E-state index in [1.165, 1.54) is 0 Å². The molecule has 3 aliphatic rings. The van der Waals surface area contributed by atoms with Gasteiger partial charge in [-0.05, 0) is 35.7 Å². The number of carbonyl (C=O) groups excluding carboxylic acids is 1. The van der Waals surface area contributed by atoms with Crippen molar-refractivity contribution in [2.75, 3.05) is 27.6 Å². The van der Waals surface area contributed by atoms with Crippen LogP contribution >= 0.6 is 0 Å². The molecular weight excluding hydrogens is 348 g/mol. The Hall–Kier alpha value is -2.89. The summed E-state index contributed by atoms with van der Waals surface area (Å²) in [4.78, 5) is 12.6. The van der Waals surface area contributed by atoms with Crippen LogP contribution in [0.4, 0.5) is 0 Å². The summed E-state index contributed by atoms with van der Waals surface area (Å²) >= 11 is 0.